The molecular weight excluding hydrogens is 250 g/mol. The molecule has 1 N–H and O–H groups in total. The number of hydrogen-bond acceptors (Lipinski definition) is 2. The number of aryl methyl sites for hydroxylation is 2. The van der Waals surface area contributed by atoms with Crippen LogP contribution in [-0.4, -0.2) is 22.0 Å². The minimum absolute atomic E-state index is 0.139. The summed E-state index contributed by atoms with van der Waals surface area (Å²) in [5.74, 6) is 1.28. The van der Waals surface area contributed by atoms with E-state index in [9.17, 15) is 4.79 Å². The van der Waals surface area contributed by atoms with Crippen molar-refractivity contribution in [1.29, 1.82) is 0 Å². The summed E-state index contributed by atoms with van der Waals surface area (Å²) in [5, 5.41) is 2.90. The van der Waals surface area contributed by atoms with Crippen molar-refractivity contribution in [2.24, 2.45) is 7.05 Å². The van der Waals surface area contributed by atoms with Gasteiger partial charge in [0.05, 0.1) is 11.0 Å². The lowest BCUT2D eigenvalue weighted by atomic mass is 10.2. The van der Waals surface area contributed by atoms with Crippen LogP contribution in [0.4, 0.5) is 0 Å². The molecule has 1 amide bonds. The Bertz CT molecular complexity index is 574. The number of para-hydroxylation sites is 2. The van der Waals surface area contributed by atoms with Gasteiger partial charge in [-0.15, -0.1) is 0 Å². The van der Waals surface area contributed by atoms with Crippen LogP contribution in [0, 0.1) is 0 Å². The van der Waals surface area contributed by atoms with E-state index in [-0.39, 0.29) is 5.91 Å². The van der Waals surface area contributed by atoms with Crippen LogP contribution in [0.2, 0.25) is 0 Å². The molecule has 108 valence electrons. The molecule has 0 spiro atoms. The summed E-state index contributed by atoms with van der Waals surface area (Å²) in [7, 11) is 2.08. The molecule has 0 aliphatic heterocycles. The van der Waals surface area contributed by atoms with Crippen LogP contribution < -0.4 is 5.32 Å². The summed E-state index contributed by atoms with van der Waals surface area (Å²) >= 11 is 0. The van der Waals surface area contributed by atoms with E-state index in [0.717, 1.165) is 43.6 Å². The van der Waals surface area contributed by atoms with Crippen molar-refractivity contribution in [2.45, 2.75) is 39.0 Å². The highest BCUT2D eigenvalue weighted by atomic mass is 16.1. The van der Waals surface area contributed by atoms with Gasteiger partial charge in [-0.1, -0.05) is 25.5 Å². The van der Waals surface area contributed by atoms with Gasteiger partial charge in [-0.3, -0.25) is 4.79 Å². The zero-order chi connectivity index (χ0) is 14.4. The van der Waals surface area contributed by atoms with Gasteiger partial charge in [0.15, 0.2) is 0 Å². The van der Waals surface area contributed by atoms with Crippen LogP contribution in [0.15, 0.2) is 24.3 Å². The molecule has 4 nitrogen and oxygen atoms in total. The number of aromatic nitrogens is 2. The SMILES string of the molecule is CCC(=O)NCCCCCc1nc2ccccc2n1C. The fourth-order valence-corrected chi connectivity index (χ4v) is 2.36. The van der Waals surface area contributed by atoms with E-state index >= 15 is 0 Å². The lowest BCUT2D eigenvalue weighted by Gasteiger charge is -2.04. The highest BCUT2D eigenvalue weighted by Gasteiger charge is 2.06. The highest BCUT2D eigenvalue weighted by Crippen LogP contribution is 2.15. The third-order valence-electron chi connectivity index (χ3n) is 3.60. The minimum Gasteiger partial charge on any atom is -0.356 e. The molecule has 2 rings (SSSR count). The monoisotopic (exact) mass is 273 g/mol. The summed E-state index contributed by atoms with van der Waals surface area (Å²) in [6, 6.07) is 8.23. The van der Waals surface area contributed by atoms with Crippen LogP contribution in [0.1, 0.15) is 38.4 Å². The Morgan fingerprint density at radius 3 is 2.80 bits per heavy atom. The molecule has 20 heavy (non-hydrogen) atoms. The maximum absolute atomic E-state index is 11.1. The Balaban J connectivity index is 1.76. The first-order chi connectivity index (χ1) is 9.72. The maximum atomic E-state index is 11.1. The number of nitrogens with zero attached hydrogens (tertiary/aromatic N) is 2. The van der Waals surface area contributed by atoms with E-state index < -0.39 is 0 Å². The van der Waals surface area contributed by atoms with E-state index in [0.29, 0.717) is 6.42 Å². The molecule has 0 aliphatic carbocycles. The van der Waals surface area contributed by atoms with Gasteiger partial charge in [0.1, 0.15) is 5.82 Å². The number of unbranched alkanes of at least 4 members (excludes halogenated alkanes) is 2. The van der Waals surface area contributed by atoms with Gasteiger partial charge in [-0.05, 0) is 25.0 Å². The highest BCUT2D eigenvalue weighted by molar-refractivity contribution is 5.76. The lowest BCUT2D eigenvalue weighted by Crippen LogP contribution is -2.23. The number of imidazole rings is 1. The zero-order valence-electron chi connectivity index (χ0n) is 12.4. The number of rotatable bonds is 7. The Morgan fingerprint density at radius 2 is 2.05 bits per heavy atom. The standard InChI is InChI=1S/C16H23N3O/c1-3-16(20)17-12-8-4-5-11-15-18-13-9-6-7-10-14(13)19(15)2/h6-7,9-10H,3-5,8,11-12H2,1-2H3,(H,17,20). The van der Waals surface area contributed by atoms with Crippen LogP contribution in [0.25, 0.3) is 11.0 Å². The van der Waals surface area contributed by atoms with Crippen molar-refractivity contribution >= 4 is 16.9 Å². The predicted octanol–water partition coefficient (Wildman–Crippen LogP) is 2.81. The molecule has 0 aliphatic rings. The van der Waals surface area contributed by atoms with Crippen molar-refractivity contribution < 1.29 is 4.79 Å². The molecule has 0 radical (unpaired) electrons. The molecule has 1 aromatic heterocycles. The first-order valence-electron chi connectivity index (χ1n) is 7.39. The van der Waals surface area contributed by atoms with Crippen LogP contribution >= 0.6 is 0 Å². The molecule has 0 fully saturated rings. The second-order valence-corrected chi connectivity index (χ2v) is 5.09. The minimum atomic E-state index is 0.139. The normalized spacial score (nSPS) is 10.9. The second-order valence-electron chi connectivity index (χ2n) is 5.09. The molecule has 4 heteroatoms. The van der Waals surface area contributed by atoms with E-state index in [1.165, 1.54) is 5.52 Å². The Labute approximate surface area is 120 Å². The Kier molecular flexibility index (Phi) is 5.16. The number of fused-ring (bicyclic) bond motifs is 1. The third kappa shape index (κ3) is 3.59. The first kappa shape index (κ1) is 14.6. The maximum Gasteiger partial charge on any atom is 0.219 e. The molecular formula is C16H23N3O. The van der Waals surface area contributed by atoms with Crippen molar-refractivity contribution in [3.8, 4) is 0 Å². The number of amides is 1. The fraction of sp³-hybridized carbons (Fsp3) is 0.500. The van der Waals surface area contributed by atoms with Crippen molar-refractivity contribution in [3.63, 3.8) is 0 Å². The number of hydrogen-bond donors (Lipinski definition) is 1. The molecule has 0 bridgehead atoms. The Morgan fingerprint density at radius 1 is 1.25 bits per heavy atom. The molecule has 0 saturated carbocycles. The lowest BCUT2D eigenvalue weighted by molar-refractivity contribution is -0.120. The Hall–Kier alpha value is -1.84. The average molecular weight is 273 g/mol. The summed E-state index contributed by atoms with van der Waals surface area (Å²) in [4.78, 5) is 15.8. The van der Waals surface area contributed by atoms with Gasteiger partial charge in [0, 0.05) is 26.4 Å². The molecule has 0 atom stereocenters. The van der Waals surface area contributed by atoms with E-state index in [4.69, 9.17) is 0 Å². The molecule has 0 unspecified atom stereocenters. The smallest absolute Gasteiger partial charge is 0.219 e. The van der Waals surface area contributed by atoms with Crippen molar-refractivity contribution in [1.82, 2.24) is 14.9 Å². The van der Waals surface area contributed by atoms with Crippen LogP contribution in [0.5, 0.6) is 0 Å². The second kappa shape index (κ2) is 7.08. The predicted molar refractivity (Wildman–Crippen MR) is 81.6 cm³/mol. The first-order valence-corrected chi connectivity index (χ1v) is 7.39. The van der Waals surface area contributed by atoms with Gasteiger partial charge in [0.2, 0.25) is 5.91 Å². The summed E-state index contributed by atoms with van der Waals surface area (Å²) < 4.78 is 2.17. The number of carbonyl (C=O) groups is 1. The average Bonchev–Trinajstić information content (AvgIpc) is 2.79. The summed E-state index contributed by atoms with van der Waals surface area (Å²) in [6.07, 6.45) is 4.83. The molecule has 1 aromatic carbocycles. The largest absolute Gasteiger partial charge is 0.356 e. The quantitative estimate of drug-likeness (QED) is 0.789. The van der Waals surface area contributed by atoms with Gasteiger partial charge in [0.25, 0.3) is 0 Å². The van der Waals surface area contributed by atoms with Gasteiger partial charge in [-0.2, -0.15) is 0 Å². The van der Waals surface area contributed by atoms with E-state index in [2.05, 4.69) is 34.0 Å². The fourth-order valence-electron chi connectivity index (χ4n) is 2.36. The zero-order valence-corrected chi connectivity index (χ0v) is 12.4. The van der Waals surface area contributed by atoms with Gasteiger partial charge >= 0.3 is 0 Å². The van der Waals surface area contributed by atoms with E-state index in [1.54, 1.807) is 0 Å². The number of nitrogens with one attached hydrogen (secondary N) is 1. The molecule has 1 heterocycles. The van der Waals surface area contributed by atoms with Crippen LogP contribution in [0.3, 0.4) is 0 Å². The van der Waals surface area contributed by atoms with Crippen LogP contribution in [-0.2, 0) is 18.3 Å². The third-order valence-corrected chi connectivity index (χ3v) is 3.60. The summed E-state index contributed by atoms with van der Waals surface area (Å²) in [6.45, 7) is 2.66. The van der Waals surface area contributed by atoms with Gasteiger partial charge in [-0.25, -0.2) is 4.98 Å². The molecule has 0 saturated heterocycles. The number of benzene rings is 1. The van der Waals surface area contributed by atoms with E-state index in [1.807, 2.05) is 19.1 Å². The van der Waals surface area contributed by atoms with Crippen molar-refractivity contribution in [2.75, 3.05) is 6.54 Å². The van der Waals surface area contributed by atoms with Crippen molar-refractivity contribution in [3.05, 3.63) is 30.1 Å². The summed E-state index contributed by atoms with van der Waals surface area (Å²) in [5.41, 5.74) is 2.26. The molecule has 2 aromatic rings. The number of carbonyl (C=O) groups excluding carboxylic acids is 1. The topological polar surface area (TPSA) is 46.9 Å². The van der Waals surface area contributed by atoms with Gasteiger partial charge < -0.3 is 9.88 Å².